The molecule has 1 fully saturated rings. The largest absolute Gasteiger partial charge is 0.328 e. The van der Waals surface area contributed by atoms with E-state index < -0.39 is 0 Å². The quantitative estimate of drug-likeness (QED) is 0.779. The third-order valence-corrected chi connectivity index (χ3v) is 4.85. The van der Waals surface area contributed by atoms with Gasteiger partial charge in [0, 0.05) is 12.0 Å². The van der Waals surface area contributed by atoms with Gasteiger partial charge in [-0.05, 0) is 59.2 Å². The van der Waals surface area contributed by atoms with Crippen LogP contribution in [0, 0.1) is 0 Å². The van der Waals surface area contributed by atoms with Gasteiger partial charge in [-0.1, -0.05) is 11.6 Å². The predicted octanol–water partition coefficient (Wildman–Crippen LogP) is 3.24. The zero-order valence-corrected chi connectivity index (χ0v) is 12.1. The number of halogens is 1. The second-order valence-corrected chi connectivity index (χ2v) is 6.25. The maximum absolute atomic E-state index is 6.33. The summed E-state index contributed by atoms with van der Waals surface area (Å²) in [4.78, 5) is 7.11. The van der Waals surface area contributed by atoms with Gasteiger partial charge >= 0.3 is 0 Å². The van der Waals surface area contributed by atoms with Gasteiger partial charge in [-0.2, -0.15) is 0 Å². The van der Waals surface area contributed by atoms with Crippen LogP contribution < -0.4 is 0 Å². The van der Waals surface area contributed by atoms with Gasteiger partial charge < -0.3 is 9.47 Å². The molecule has 0 saturated carbocycles. The molecule has 2 aliphatic rings. The highest BCUT2D eigenvalue weighted by Gasteiger charge is 2.29. The van der Waals surface area contributed by atoms with E-state index in [0.29, 0.717) is 12.0 Å². The van der Waals surface area contributed by atoms with Gasteiger partial charge in [-0.25, -0.2) is 4.98 Å². The third-order valence-electron chi connectivity index (χ3n) is 4.55. The fourth-order valence-corrected chi connectivity index (χ4v) is 3.69. The Kier molecular flexibility index (Phi) is 3.37. The van der Waals surface area contributed by atoms with Gasteiger partial charge in [0.25, 0.3) is 0 Å². The highest BCUT2D eigenvalue weighted by Crippen LogP contribution is 2.36. The number of piperidine rings is 1. The van der Waals surface area contributed by atoms with Crippen molar-refractivity contribution >= 4 is 11.6 Å². The van der Waals surface area contributed by atoms with Gasteiger partial charge in [-0.3, -0.25) is 0 Å². The van der Waals surface area contributed by atoms with Crippen LogP contribution in [0.5, 0.6) is 0 Å². The van der Waals surface area contributed by atoms with Crippen LogP contribution in [0.4, 0.5) is 0 Å². The topological polar surface area (TPSA) is 21.1 Å². The molecule has 3 rings (SSSR count). The fourth-order valence-electron chi connectivity index (χ4n) is 3.42. The predicted molar refractivity (Wildman–Crippen MR) is 74.4 cm³/mol. The molecule has 0 bridgehead atoms. The lowest BCUT2D eigenvalue weighted by Gasteiger charge is -2.31. The average molecular weight is 268 g/mol. The summed E-state index contributed by atoms with van der Waals surface area (Å²) in [6, 6.07) is 0.573. The molecule has 3 nitrogen and oxygen atoms in total. The molecule has 3 heterocycles. The molecular weight excluding hydrogens is 246 g/mol. The van der Waals surface area contributed by atoms with E-state index in [0.717, 1.165) is 11.6 Å². The smallest absolute Gasteiger partial charge is 0.150 e. The number of fused-ring (bicyclic) bond motifs is 1. The summed E-state index contributed by atoms with van der Waals surface area (Å²) in [7, 11) is 2.20. The fraction of sp³-hybridized carbons (Fsp3) is 0.786. The maximum Gasteiger partial charge on any atom is 0.150 e. The third kappa shape index (κ3) is 2.08. The molecule has 2 aliphatic heterocycles. The number of rotatable bonds is 1. The van der Waals surface area contributed by atoms with Crippen LogP contribution in [0.1, 0.15) is 56.1 Å². The Morgan fingerprint density at radius 3 is 2.67 bits per heavy atom. The van der Waals surface area contributed by atoms with Crippen molar-refractivity contribution in [3.63, 3.8) is 0 Å². The first kappa shape index (κ1) is 12.5. The number of imidazole rings is 1. The van der Waals surface area contributed by atoms with Gasteiger partial charge in [0.2, 0.25) is 0 Å². The first-order valence-corrected chi connectivity index (χ1v) is 7.49. The standard InChI is InChI=1S/C14H22ClN3/c1-10-4-3-5-12-13(15)16-14(18(10)12)11-6-8-17(2)9-7-11/h10-11H,3-9H2,1-2H3. The molecule has 1 aromatic heterocycles. The van der Waals surface area contributed by atoms with Crippen molar-refractivity contribution in [3.8, 4) is 0 Å². The zero-order chi connectivity index (χ0) is 12.7. The van der Waals surface area contributed by atoms with Crippen LogP contribution in [0.3, 0.4) is 0 Å². The summed E-state index contributed by atoms with van der Waals surface area (Å²) in [5, 5.41) is 0.760. The highest BCUT2D eigenvalue weighted by atomic mass is 35.5. The molecule has 18 heavy (non-hydrogen) atoms. The molecule has 0 amide bonds. The van der Waals surface area contributed by atoms with E-state index >= 15 is 0 Å². The lowest BCUT2D eigenvalue weighted by molar-refractivity contribution is 0.245. The normalized spacial score (nSPS) is 26.3. The van der Waals surface area contributed by atoms with Crippen LogP contribution in [-0.2, 0) is 6.42 Å². The number of nitrogens with zero attached hydrogens (tertiary/aromatic N) is 3. The molecule has 4 heteroatoms. The molecule has 0 aromatic carbocycles. The highest BCUT2D eigenvalue weighted by molar-refractivity contribution is 6.30. The van der Waals surface area contributed by atoms with Crippen molar-refractivity contribution in [2.24, 2.45) is 0 Å². The summed E-state index contributed by atoms with van der Waals surface area (Å²) < 4.78 is 2.45. The Labute approximate surface area is 114 Å². The van der Waals surface area contributed by atoms with E-state index in [4.69, 9.17) is 16.6 Å². The molecule has 0 aliphatic carbocycles. The van der Waals surface area contributed by atoms with E-state index in [1.54, 1.807) is 0 Å². The average Bonchev–Trinajstić information content (AvgIpc) is 2.70. The minimum atomic E-state index is 0.573. The summed E-state index contributed by atoms with van der Waals surface area (Å²) in [5.41, 5.74) is 1.28. The summed E-state index contributed by atoms with van der Waals surface area (Å²) in [6.07, 6.45) is 6.05. The summed E-state index contributed by atoms with van der Waals surface area (Å²) in [5.74, 6) is 1.86. The van der Waals surface area contributed by atoms with Crippen molar-refractivity contribution in [3.05, 3.63) is 16.7 Å². The minimum Gasteiger partial charge on any atom is -0.328 e. The SMILES string of the molecule is CC1CCCc2c(Cl)nc(C3CCN(C)CC3)n21. The van der Waals surface area contributed by atoms with Crippen molar-refractivity contribution in [1.82, 2.24) is 14.5 Å². The minimum absolute atomic E-state index is 0.573. The second-order valence-electron chi connectivity index (χ2n) is 5.90. The number of likely N-dealkylation sites (tertiary alicyclic amines) is 1. The van der Waals surface area contributed by atoms with Crippen molar-refractivity contribution in [2.45, 2.75) is 51.0 Å². The Morgan fingerprint density at radius 2 is 1.94 bits per heavy atom. The Hall–Kier alpha value is -0.540. The molecule has 1 aromatic rings. The van der Waals surface area contributed by atoms with Crippen LogP contribution >= 0.6 is 11.6 Å². The Balaban J connectivity index is 1.92. The van der Waals surface area contributed by atoms with Crippen molar-refractivity contribution in [2.75, 3.05) is 20.1 Å². The van der Waals surface area contributed by atoms with Crippen LogP contribution in [0.2, 0.25) is 5.15 Å². The number of hydrogen-bond donors (Lipinski definition) is 0. The van der Waals surface area contributed by atoms with E-state index in [-0.39, 0.29) is 0 Å². The van der Waals surface area contributed by atoms with E-state index in [9.17, 15) is 0 Å². The molecule has 1 unspecified atom stereocenters. The molecule has 0 radical (unpaired) electrons. The molecule has 0 N–H and O–H groups in total. The van der Waals surface area contributed by atoms with E-state index in [1.165, 1.54) is 50.3 Å². The van der Waals surface area contributed by atoms with Crippen LogP contribution in [0.25, 0.3) is 0 Å². The van der Waals surface area contributed by atoms with Crippen LogP contribution in [0.15, 0.2) is 0 Å². The Morgan fingerprint density at radius 1 is 1.22 bits per heavy atom. The molecule has 1 saturated heterocycles. The summed E-state index contributed by atoms with van der Waals surface area (Å²) in [6.45, 7) is 4.66. The first-order chi connectivity index (χ1) is 8.66. The van der Waals surface area contributed by atoms with E-state index in [1.807, 2.05) is 0 Å². The lowest BCUT2D eigenvalue weighted by Crippen LogP contribution is -2.31. The molecule has 1 atom stereocenters. The Bertz CT molecular complexity index is 432. The van der Waals surface area contributed by atoms with Gasteiger partial charge in [-0.15, -0.1) is 0 Å². The maximum atomic E-state index is 6.33. The van der Waals surface area contributed by atoms with Gasteiger partial charge in [0.1, 0.15) is 5.82 Å². The van der Waals surface area contributed by atoms with Crippen molar-refractivity contribution < 1.29 is 0 Å². The second kappa shape index (κ2) is 4.86. The first-order valence-electron chi connectivity index (χ1n) is 7.12. The van der Waals surface area contributed by atoms with Crippen molar-refractivity contribution in [1.29, 1.82) is 0 Å². The molecule has 100 valence electrons. The van der Waals surface area contributed by atoms with Gasteiger partial charge in [0.15, 0.2) is 5.15 Å². The monoisotopic (exact) mass is 267 g/mol. The molecule has 0 spiro atoms. The zero-order valence-electron chi connectivity index (χ0n) is 11.3. The van der Waals surface area contributed by atoms with Crippen LogP contribution in [-0.4, -0.2) is 34.6 Å². The molecular formula is C14H22ClN3. The summed E-state index contributed by atoms with van der Waals surface area (Å²) >= 11 is 6.33. The number of aromatic nitrogens is 2. The van der Waals surface area contributed by atoms with Gasteiger partial charge in [0.05, 0.1) is 5.69 Å². The number of hydrogen-bond acceptors (Lipinski definition) is 2. The lowest BCUT2D eigenvalue weighted by atomic mass is 9.95. The van der Waals surface area contributed by atoms with E-state index in [2.05, 4.69) is 23.4 Å².